The molecule has 1 N–H and O–H groups in total. The van der Waals surface area contributed by atoms with Crippen LogP contribution in [0.1, 0.15) is 251 Å². The van der Waals surface area contributed by atoms with E-state index in [4.69, 9.17) is 18.5 Å². The lowest BCUT2D eigenvalue weighted by atomic mass is 10.0. The molecule has 0 aliphatic carbocycles. The molecule has 0 amide bonds. The first-order valence-electron chi connectivity index (χ1n) is 27.9. The van der Waals surface area contributed by atoms with Crippen LogP contribution in [0.15, 0.2) is 48.6 Å². The minimum Gasteiger partial charge on any atom is -0.462 e. The Morgan fingerprint density at radius 1 is 0.478 bits per heavy atom. The lowest BCUT2D eigenvalue weighted by Crippen LogP contribution is -2.37. The number of unbranched alkanes of at least 4 members (excludes halogenated alkanes) is 29. The van der Waals surface area contributed by atoms with Gasteiger partial charge >= 0.3 is 19.8 Å². The van der Waals surface area contributed by atoms with Gasteiger partial charge in [-0.2, -0.15) is 0 Å². The Bertz CT molecular complexity index is 1270. The van der Waals surface area contributed by atoms with Crippen LogP contribution in [0.3, 0.4) is 0 Å². The standard InChI is InChI=1S/C57H106NO8P/c1-6-8-10-12-14-16-18-19-20-21-22-23-24-25-26-27-28-29-30-31-32-33-34-35-36-37-38-39-40-42-44-46-48-50-57(60)66-55(54-65-67(61,62)64-52-51-58(3,4)5)53-63-56(59)49-47-45-43-41-17-15-13-11-9-7-2/h8,10,14,16,19-20,22-23,55H,6-7,9,11-13,15,17-18,21,24-54H2,1-5H3/p+1/b10-8-,16-14-,20-19-,23-22-. The molecular weight excluding hydrogens is 858 g/mol. The number of hydrogen-bond acceptors (Lipinski definition) is 7. The summed E-state index contributed by atoms with van der Waals surface area (Å²) in [5, 5.41) is 0. The van der Waals surface area contributed by atoms with Crippen molar-refractivity contribution in [3.8, 4) is 0 Å². The van der Waals surface area contributed by atoms with E-state index >= 15 is 0 Å². The number of rotatable bonds is 51. The van der Waals surface area contributed by atoms with Gasteiger partial charge in [-0.25, -0.2) is 4.57 Å². The van der Waals surface area contributed by atoms with E-state index in [0.717, 1.165) is 57.8 Å². The Kier molecular flexibility index (Phi) is 47.5. The monoisotopic (exact) mass is 965 g/mol. The van der Waals surface area contributed by atoms with Gasteiger partial charge in [0.15, 0.2) is 6.10 Å². The molecule has 67 heavy (non-hydrogen) atoms. The average Bonchev–Trinajstić information content (AvgIpc) is 3.29. The largest absolute Gasteiger partial charge is 0.472 e. The van der Waals surface area contributed by atoms with E-state index < -0.39 is 26.5 Å². The van der Waals surface area contributed by atoms with E-state index in [0.29, 0.717) is 23.9 Å². The van der Waals surface area contributed by atoms with Crippen molar-refractivity contribution >= 4 is 19.8 Å². The predicted molar refractivity (Wildman–Crippen MR) is 284 cm³/mol. The molecule has 0 spiro atoms. The molecule has 9 nitrogen and oxygen atoms in total. The van der Waals surface area contributed by atoms with Crippen molar-refractivity contribution in [3.05, 3.63) is 48.6 Å². The first-order valence-corrected chi connectivity index (χ1v) is 29.4. The smallest absolute Gasteiger partial charge is 0.462 e. The number of allylic oxidation sites excluding steroid dienone is 8. The number of hydrogen-bond donors (Lipinski definition) is 1. The van der Waals surface area contributed by atoms with Gasteiger partial charge < -0.3 is 18.9 Å². The third kappa shape index (κ3) is 53.2. The topological polar surface area (TPSA) is 108 Å². The molecule has 0 aliphatic heterocycles. The van der Waals surface area contributed by atoms with Gasteiger partial charge in [0.2, 0.25) is 0 Å². The van der Waals surface area contributed by atoms with Crippen LogP contribution >= 0.6 is 7.82 Å². The van der Waals surface area contributed by atoms with Crippen LogP contribution < -0.4 is 0 Å². The molecule has 2 atom stereocenters. The van der Waals surface area contributed by atoms with Crippen LogP contribution in [0.5, 0.6) is 0 Å². The minimum atomic E-state index is -4.37. The van der Waals surface area contributed by atoms with Gasteiger partial charge in [-0.3, -0.25) is 18.6 Å². The molecule has 0 aliphatic rings. The van der Waals surface area contributed by atoms with Crippen LogP contribution in [0, 0.1) is 0 Å². The van der Waals surface area contributed by atoms with E-state index in [2.05, 4.69) is 62.5 Å². The number of phosphoric acid groups is 1. The van der Waals surface area contributed by atoms with E-state index in [9.17, 15) is 19.0 Å². The molecule has 0 fully saturated rings. The second-order valence-corrected chi connectivity index (χ2v) is 21.4. The fourth-order valence-corrected chi connectivity index (χ4v) is 8.57. The van der Waals surface area contributed by atoms with Gasteiger partial charge in [0.25, 0.3) is 0 Å². The summed E-state index contributed by atoms with van der Waals surface area (Å²) in [7, 11) is 1.49. The molecule has 392 valence electrons. The molecule has 0 radical (unpaired) electrons. The number of esters is 2. The number of phosphoric ester groups is 1. The summed E-state index contributed by atoms with van der Waals surface area (Å²) in [6.45, 7) is 4.33. The van der Waals surface area contributed by atoms with Crippen LogP contribution in [-0.4, -0.2) is 74.9 Å². The van der Waals surface area contributed by atoms with Gasteiger partial charge in [0, 0.05) is 12.8 Å². The van der Waals surface area contributed by atoms with Gasteiger partial charge in [-0.05, 0) is 51.4 Å². The summed E-state index contributed by atoms with van der Waals surface area (Å²) in [5.41, 5.74) is 0. The molecule has 0 saturated heterocycles. The maximum atomic E-state index is 12.8. The molecule has 2 unspecified atom stereocenters. The van der Waals surface area contributed by atoms with E-state index in [-0.39, 0.29) is 25.6 Å². The number of quaternary nitrogens is 1. The second kappa shape index (κ2) is 49.0. The summed E-state index contributed by atoms with van der Waals surface area (Å²) >= 11 is 0. The first kappa shape index (κ1) is 65.0. The number of likely N-dealkylation sites (N-methyl/N-ethyl adjacent to an activating group) is 1. The Morgan fingerprint density at radius 3 is 1.27 bits per heavy atom. The zero-order valence-corrected chi connectivity index (χ0v) is 45.3. The lowest BCUT2D eigenvalue weighted by molar-refractivity contribution is -0.870. The second-order valence-electron chi connectivity index (χ2n) is 19.9. The van der Waals surface area contributed by atoms with Crippen molar-refractivity contribution in [2.75, 3.05) is 47.5 Å². The first-order chi connectivity index (χ1) is 32.5. The highest BCUT2D eigenvalue weighted by atomic mass is 31.2. The molecule has 0 aromatic heterocycles. The number of carbonyl (C=O) groups is 2. The molecule has 0 aromatic rings. The van der Waals surface area contributed by atoms with Crippen molar-refractivity contribution in [2.24, 2.45) is 0 Å². The highest BCUT2D eigenvalue weighted by Crippen LogP contribution is 2.43. The average molecular weight is 965 g/mol. The maximum absolute atomic E-state index is 12.8. The van der Waals surface area contributed by atoms with Crippen LogP contribution in [0.25, 0.3) is 0 Å². The van der Waals surface area contributed by atoms with Crippen LogP contribution in [0.2, 0.25) is 0 Å². The van der Waals surface area contributed by atoms with Gasteiger partial charge in [-0.15, -0.1) is 0 Å². The minimum absolute atomic E-state index is 0.0338. The van der Waals surface area contributed by atoms with Crippen molar-refractivity contribution < 1.29 is 42.1 Å². The molecule has 0 saturated carbocycles. The highest BCUT2D eigenvalue weighted by molar-refractivity contribution is 7.47. The zero-order chi connectivity index (χ0) is 49.2. The predicted octanol–water partition coefficient (Wildman–Crippen LogP) is 17.0. The number of ether oxygens (including phenoxy) is 2. The SMILES string of the molecule is CC/C=C\C/C=C\C/C=C\C/C=C\CCCCCCCCCCCCCCCCCCCCCCC(=O)OC(COC(=O)CCCCCCCCCCCC)COP(=O)(O)OCC[N+](C)(C)C. The van der Waals surface area contributed by atoms with E-state index in [1.807, 2.05) is 21.1 Å². The summed E-state index contributed by atoms with van der Waals surface area (Å²) in [4.78, 5) is 35.5. The Hall–Kier alpha value is -2.03. The summed E-state index contributed by atoms with van der Waals surface area (Å²) < 4.78 is 34.4. The van der Waals surface area contributed by atoms with E-state index in [1.54, 1.807) is 0 Å². The molecule has 0 heterocycles. The third-order valence-electron chi connectivity index (χ3n) is 12.1. The fourth-order valence-electron chi connectivity index (χ4n) is 7.83. The lowest BCUT2D eigenvalue weighted by Gasteiger charge is -2.24. The highest BCUT2D eigenvalue weighted by Gasteiger charge is 2.27. The number of carbonyl (C=O) groups excluding carboxylic acids is 2. The summed E-state index contributed by atoms with van der Waals surface area (Å²) in [6.07, 6.45) is 60.6. The van der Waals surface area contributed by atoms with Crippen LogP contribution in [-0.2, 0) is 32.7 Å². The number of nitrogens with zero attached hydrogens (tertiary/aromatic N) is 1. The molecule has 0 bridgehead atoms. The quantitative estimate of drug-likeness (QED) is 0.0211. The fraction of sp³-hybridized carbons (Fsp3) is 0.825. The Labute approximate surface area is 414 Å². The van der Waals surface area contributed by atoms with Crippen molar-refractivity contribution in [2.45, 2.75) is 258 Å². The summed E-state index contributed by atoms with van der Waals surface area (Å²) in [6, 6.07) is 0. The van der Waals surface area contributed by atoms with Crippen molar-refractivity contribution in [1.29, 1.82) is 0 Å². The third-order valence-corrected chi connectivity index (χ3v) is 13.1. The van der Waals surface area contributed by atoms with E-state index in [1.165, 1.54) is 161 Å². The summed E-state index contributed by atoms with van der Waals surface area (Å²) in [5.74, 6) is -0.789. The molecular formula is C57H107NO8P+. The van der Waals surface area contributed by atoms with Crippen LogP contribution in [0.4, 0.5) is 0 Å². The Morgan fingerprint density at radius 2 is 0.851 bits per heavy atom. The van der Waals surface area contributed by atoms with Gasteiger partial charge in [-0.1, -0.05) is 236 Å². The molecule has 0 rings (SSSR count). The maximum Gasteiger partial charge on any atom is 0.472 e. The van der Waals surface area contributed by atoms with Gasteiger partial charge in [0.05, 0.1) is 27.7 Å². The van der Waals surface area contributed by atoms with Gasteiger partial charge in [0.1, 0.15) is 19.8 Å². The molecule has 10 heteroatoms. The van der Waals surface area contributed by atoms with Crippen molar-refractivity contribution in [1.82, 2.24) is 0 Å². The molecule has 0 aromatic carbocycles. The Balaban J connectivity index is 3.95. The van der Waals surface area contributed by atoms with Crippen molar-refractivity contribution in [3.63, 3.8) is 0 Å². The zero-order valence-electron chi connectivity index (χ0n) is 44.4. The normalized spacial score (nSPS) is 13.7.